The maximum Gasteiger partial charge on any atom is 0.125 e. The highest BCUT2D eigenvalue weighted by Gasteiger charge is 2.06. The monoisotopic (exact) mass is 285 g/mol. The van der Waals surface area contributed by atoms with Crippen LogP contribution in [0.15, 0.2) is 42.5 Å². The zero-order chi connectivity index (χ0) is 15.2. The minimum Gasteiger partial charge on any atom is -0.378 e. The van der Waals surface area contributed by atoms with Crippen LogP contribution in [-0.4, -0.2) is 0 Å². The first-order valence-corrected chi connectivity index (χ1v) is 7.71. The molecule has 0 aromatic heterocycles. The Morgan fingerprint density at radius 1 is 1.10 bits per heavy atom. The third-order valence-corrected chi connectivity index (χ3v) is 3.72. The van der Waals surface area contributed by atoms with Crippen LogP contribution in [0.25, 0.3) is 0 Å². The normalized spacial score (nSPS) is 12.2. The molecule has 2 aromatic carbocycles. The van der Waals surface area contributed by atoms with Crippen molar-refractivity contribution in [3.8, 4) is 0 Å². The van der Waals surface area contributed by atoms with E-state index in [1.165, 1.54) is 24.0 Å². The summed E-state index contributed by atoms with van der Waals surface area (Å²) in [6, 6.07) is 13.9. The van der Waals surface area contributed by atoms with Crippen molar-refractivity contribution in [2.24, 2.45) is 0 Å². The smallest absolute Gasteiger partial charge is 0.125 e. The molecule has 0 saturated heterocycles. The fourth-order valence-corrected chi connectivity index (χ4v) is 2.51. The van der Waals surface area contributed by atoms with Crippen molar-refractivity contribution in [1.29, 1.82) is 0 Å². The molecular weight excluding hydrogens is 261 g/mol. The molecule has 0 spiro atoms. The Balaban J connectivity index is 2.04. The van der Waals surface area contributed by atoms with E-state index < -0.39 is 0 Å². The Hall–Kier alpha value is -1.83. The predicted octanol–water partition coefficient (Wildman–Crippen LogP) is 5.65. The topological polar surface area (TPSA) is 12.0 Å². The van der Waals surface area contributed by atoms with Crippen molar-refractivity contribution in [2.75, 3.05) is 5.32 Å². The summed E-state index contributed by atoms with van der Waals surface area (Å²) in [6.07, 6.45) is 3.59. The Morgan fingerprint density at radius 3 is 2.43 bits per heavy atom. The number of benzene rings is 2. The van der Waals surface area contributed by atoms with Gasteiger partial charge in [-0.05, 0) is 61.6 Å². The van der Waals surface area contributed by atoms with E-state index in [9.17, 15) is 4.39 Å². The molecule has 1 nitrogen and oxygen atoms in total. The summed E-state index contributed by atoms with van der Waals surface area (Å²) in [7, 11) is 0. The largest absolute Gasteiger partial charge is 0.378 e. The quantitative estimate of drug-likeness (QED) is 0.723. The van der Waals surface area contributed by atoms with E-state index in [2.05, 4.69) is 43.4 Å². The van der Waals surface area contributed by atoms with Crippen LogP contribution in [0.2, 0.25) is 0 Å². The highest BCUT2D eigenvalue weighted by molar-refractivity contribution is 5.48. The molecule has 2 aromatic rings. The molecule has 2 rings (SSSR count). The molecule has 21 heavy (non-hydrogen) atoms. The lowest BCUT2D eigenvalue weighted by Crippen LogP contribution is -2.07. The fourth-order valence-electron chi connectivity index (χ4n) is 2.51. The lowest BCUT2D eigenvalue weighted by atomic mass is 10.0. The van der Waals surface area contributed by atoms with Crippen LogP contribution in [0.1, 0.15) is 49.4 Å². The van der Waals surface area contributed by atoms with Crippen molar-refractivity contribution in [3.63, 3.8) is 0 Å². The van der Waals surface area contributed by atoms with Crippen LogP contribution in [-0.2, 0) is 6.42 Å². The number of rotatable bonds is 6. The summed E-state index contributed by atoms with van der Waals surface area (Å²) in [6.45, 7) is 6.21. The van der Waals surface area contributed by atoms with E-state index in [4.69, 9.17) is 0 Å². The second-order valence-corrected chi connectivity index (χ2v) is 5.73. The zero-order valence-corrected chi connectivity index (χ0v) is 13.1. The summed E-state index contributed by atoms with van der Waals surface area (Å²) >= 11 is 0. The van der Waals surface area contributed by atoms with Crippen molar-refractivity contribution >= 4 is 5.69 Å². The van der Waals surface area contributed by atoms with E-state index in [0.717, 1.165) is 17.7 Å². The van der Waals surface area contributed by atoms with Crippen LogP contribution in [0.4, 0.5) is 10.1 Å². The number of hydrogen-bond acceptors (Lipinski definition) is 1. The molecule has 0 fully saturated rings. The second kappa shape index (κ2) is 7.26. The van der Waals surface area contributed by atoms with Crippen LogP contribution in [0.3, 0.4) is 0 Å². The van der Waals surface area contributed by atoms with Gasteiger partial charge in [-0.15, -0.1) is 0 Å². The van der Waals surface area contributed by atoms with Crippen LogP contribution >= 0.6 is 0 Å². The highest BCUT2D eigenvalue weighted by atomic mass is 19.1. The molecule has 0 radical (unpaired) electrons. The summed E-state index contributed by atoms with van der Waals surface area (Å²) in [5.41, 5.74) is 4.36. The van der Waals surface area contributed by atoms with Gasteiger partial charge >= 0.3 is 0 Å². The number of nitrogens with one attached hydrogen (secondary N) is 1. The van der Waals surface area contributed by atoms with Crippen LogP contribution < -0.4 is 5.32 Å². The molecule has 2 heteroatoms. The third kappa shape index (κ3) is 4.59. The van der Waals surface area contributed by atoms with Crippen molar-refractivity contribution < 1.29 is 4.39 Å². The molecule has 0 aliphatic carbocycles. The maximum absolute atomic E-state index is 13.4. The molecule has 0 bridgehead atoms. The van der Waals surface area contributed by atoms with Crippen molar-refractivity contribution in [1.82, 2.24) is 0 Å². The summed E-state index contributed by atoms with van der Waals surface area (Å²) in [4.78, 5) is 0. The standard InChI is InChI=1S/C19H24FN/c1-4-5-6-16-7-9-17(10-8-16)15(3)21-19-12-14(2)11-18(20)13-19/h7-13,15,21H,4-6H2,1-3H3. The molecule has 0 aliphatic heterocycles. The Labute approximate surface area is 127 Å². The van der Waals surface area contributed by atoms with E-state index >= 15 is 0 Å². The zero-order valence-electron chi connectivity index (χ0n) is 13.1. The second-order valence-electron chi connectivity index (χ2n) is 5.73. The van der Waals surface area contributed by atoms with E-state index in [0.29, 0.717) is 0 Å². The van der Waals surface area contributed by atoms with Crippen LogP contribution in [0, 0.1) is 12.7 Å². The summed E-state index contributed by atoms with van der Waals surface area (Å²) < 4.78 is 13.4. The minimum absolute atomic E-state index is 0.159. The first kappa shape index (κ1) is 15.6. The van der Waals surface area contributed by atoms with Gasteiger partial charge in [-0.3, -0.25) is 0 Å². The van der Waals surface area contributed by atoms with Gasteiger partial charge in [-0.1, -0.05) is 37.6 Å². The number of halogens is 1. The Morgan fingerprint density at radius 2 is 1.81 bits per heavy atom. The van der Waals surface area contributed by atoms with Gasteiger partial charge in [0.05, 0.1) is 0 Å². The summed E-state index contributed by atoms with van der Waals surface area (Å²) in [5.74, 6) is -0.195. The lowest BCUT2D eigenvalue weighted by Gasteiger charge is -2.17. The molecule has 0 aliphatic rings. The number of hydrogen-bond donors (Lipinski definition) is 1. The number of unbranched alkanes of at least 4 members (excludes halogenated alkanes) is 1. The van der Waals surface area contributed by atoms with Crippen molar-refractivity contribution in [2.45, 2.75) is 46.1 Å². The lowest BCUT2D eigenvalue weighted by molar-refractivity contribution is 0.626. The van der Waals surface area contributed by atoms with E-state index in [1.807, 2.05) is 13.0 Å². The molecule has 1 N–H and O–H groups in total. The molecule has 1 unspecified atom stereocenters. The third-order valence-electron chi connectivity index (χ3n) is 3.72. The van der Waals surface area contributed by atoms with Gasteiger partial charge in [0.2, 0.25) is 0 Å². The van der Waals surface area contributed by atoms with Crippen LogP contribution in [0.5, 0.6) is 0 Å². The average Bonchev–Trinajstić information content (AvgIpc) is 2.44. The average molecular weight is 285 g/mol. The van der Waals surface area contributed by atoms with Gasteiger partial charge in [0.25, 0.3) is 0 Å². The fraction of sp³-hybridized carbons (Fsp3) is 0.368. The molecule has 0 saturated carbocycles. The van der Waals surface area contributed by atoms with E-state index in [-0.39, 0.29) is 11.9 Å². The molecular formula is C19H24FN. The van der Waals surface area contributed by atoms with Gasteiger partial charge in [-0.2, -0.15) is 0 Å². The molecule has 0 heterocycles. The SMILES string of the molecule is CCCCc1ccc(C(C)Nc2cc(C)cc(F)c2)cc1. The Kier molecular flexibility index (Phi) is 5.38. The van der Waals surface area contributed by atoms with Gasteiger partial charge in [0, 0.05) is 11.7 Å². The van der Waals surface area contributed by atoms with E-state index in [1.54, 1.807) is 12.1 Å². The highest BCUT2D eigenvalue weighted by Crippen LogP contribution is 2.21. The Bertz CT molecular complexity index is 554. The minimum atomic E-state index is -0.195. The summed E-state index contributed by atoms with van der Waals surface area (Å²) in [5, 5.41) is 3.36. The molecule has 0 amide bonds. The first-order valence-electron chi connectivity index (χ1n) is 7.71. The van der Waals surface area contributed by atoms with Gasteiger partial charge in [0.15, 0.2) is 0 Å². The number of anilines is 1. The van der Waals surface area contributed by atoms with Crippen molar-refractivity contribution in [3.05, 3.63) is 65.0 Å². The maximum atomic E-state index is 13.4. The predicted molar refractivity (Wildman–Crippen MR) is 88.2 cm³/mol. The number of aryl methyl sites for hydroxylation is 2. The first-order chi connectivity index (χ1) is 10.1. The molecule has 112 valence electrons. The van der Waals surface area contributed by atoms with Gasteiger partial charge < -0.3 is 5.32 Å². The van der Waals surface area contributed by atoms with Gasteiger partial charge in [-0.25, -0.2) is 4.39 Å². The van der Waals surface area contributed by atoms with Gasteiger partial charge in [0.1, 0.15) is 5.82 Å². The molecule has 1 atom stereocenters.